The molecule has 0 aromatic heterocycles. The maximum atomic E-state index is 13.9. The Morgan fingerprint density at radius 2 is 1.81 bits per heavy atom. The fourth-order valence-corrected chi connectivity index (χ4v) is 1.88. The zero-order valence-electron chi connectivity index (χ0n) is 11.8. The highest BCUT2D eigenvalue weighted by molar-refractivity contribution is 5.31. The van der Waals surface area contributed by atoms with Gasteiger partial charge in [0.05, 0.1) is 0 Å². The minimum absolute atomic E-state index is 0.00529. The molecule has 0 spiro atoms. The van der Waals surface area contributed by atoms with Crippen molar-refractivity contribution in [3.05, 3.63) is 65.0 Å². The summed E-state index contributed by atoms with van der Waals surface area (Å²) in [7, 11) is 1.78. The summed E-state index contributed by atoms with van der Waals surface area (Å²) in [5, 5.41) is 3.00. The van der Waals surface area contributed by atoms with Gasteiger partial charge in [0.2, 0.25) is 0 Å². The molecule has 112 valence electrons. The second-order valence-electron chi connectivity index (χ2n) is 4.72. The predicted octanol–water partition coefficient (Wildman–Crippen LogP) is 3.96. The number of hydrogen-bond donors (Lipinski definition) is 1. The first-order chi connectivity index (χ1) is 10.0. The first-order valence-corrected chi connectivity index (χ1v) is 6.54. The lowest BCUT2D eigenvalue weighted by Crippen LogP contribution is -2.12. The molecule has 1 N–H and O–H groups in total. The Kier molecular flexibility index (Phi) is 4.85. The van der Waals surface area contributed by atoms with Crippen molar-refractivity contribution in [3.8, 4) is 5.75 Å². The second kappa shape index (κ2) is 6.63. The monoisotopic (exact) mass is 295 g/mol. The molecule has 1 atom stereocenters. The molecule has 0 bridgehead atoms. The second-order valence-corrected chi connectivity index (χ2v) is 4.72. The molecule has 0 aliphatic heterocycles. The van der Waals surface area contributed by atoms with Crippen LogP contribution in [0.3, 0.4) is 0 Å². The molecule has 0 aliphatic carbocycles. The standard InChI is InChI=1S/C16H16F3NO/c1-10(20-2)11-3-6-16(15(19)8-11)21-9-12-7-13(17)4-5-14(12)18/h3-8,10,20H,9H2,1-2H3. The lowest BCUT2D eigenvalue weighted by Gasteiger charge is -2.13. The molecule has 5 heteroatoms. The van der Waals surface area contributed by atoms with Crippen molar-refractivity contribution >= 4 is 0 Å². The molecule has 0 fully saturated rings. The van der Waals surface area contributed by atoms with Crippen molar-refractivity contribution in [2.45, 2.75) is 19.6 Å². The van der Waals surface area contributed by atoms with E-state index < -0.39 is 17.5 Å². The summed E-state index contributed by atoms with van der Waals surface area (Å²) in [4.78, 5) is 0. The van der Waals surface area contributed by atoms with Crippen molar-refractivity contribution in [2.24, 2.45) is 0 Å². The van der Waals surface area contributed by atoms with E-state index in [9.17, 15) is 13.2 Å². The van der Waals surface area contributed by atoms with E-state index >= 15 is 0 Å². The van der Waals surface area contributed by atoms with E-state index in [1.54, 1.807) is 13.1 Å². The third-order valence-electron chi connectivity index (χ3n) is 3.28. The molecule has 21 heavy (non-hydrogen) atoms. The molecular weight excluding hydrogens is 279 g/mol. The van der Waals surface area contributed by atoms with Gasteiger partial charge in [0, 0.05) is 11.6 Å². The van der Waals surface area contributed by atoms with Gasteiger partial charge < -0.3 is 10.1 Å². The van der Waals surface area contributed by atoms with E-state index in [1.807, 2.05) is 6.92 Å². The van der Waals surface area contributed by atoms with E-state index in [0.29, 0.717) is 0 Å². The molecule has 2 nitrogen and oxygen atoms in total. The van der Waals surface area contributed by atoms with Crippen LogP contribution < -0.4 is 10.1 Å². The van der Waals surface area contributed by atoms with Crippen LogP contribution >= 0.6 is 0 Å². The lowest BCUT2D eigenvalue weighted by molar-refractivity contribution is 0.284. The lowest BCUT2D eigenvalue weighted by atomic mass is 10.1. The van der Waals surface area contributed by atoms with E-state index in [4.69, 9.17) is 4.74 Å². The Bertz CT molecular complexity index is 631. The number of ether oxygens (including phenoxy) is 1. The van der Waals surface area contributed by atoms with Crippen LogP contribution in [0.5, 0.6) is 5.75 Å². The van der Waals surface area contributed by atoms with E-state index in [2.05, 4.69) is 5.32 Å². The summed E-state index contributed by atoms with van der Waals surface area (Å²) in [6.07, 6.45) is 0. The summed E-state index contributed by atoms with van der Waals surface area (Å²) in [6, 6.07) is 7.64. The summed E-state index contributed by atoms with van der Waals surface area (Å²) in [5.41, 5.74) is 0.821. The van der Waals surface area contributed by atoms with Crippen LogP contribution in [0.25, 0.3) is 0 Å². The molecule has 0 heterocycles. The Morgan fingerprint density at radius 1 is 1.05 bits per heavy atom. The van der Waals surface area contributed by atoms with Gasteiger partial charge in [-0.1, -0.05) is 6.07 Å². The van der Waals surface area contributed by atoms with Crippen LogP contribution in [-0.2, 0) is 6.61 Å². The van der Waals surface area contributed by atoms with Gasteiger partial charge >= 0.3 is 0 Å². The predicted molar refractivity (Wildman–Crippen MR) is 74.6 cm³/mol. The molecule has 0 amide bonds. The van der Waals surface area contributed by atoms with Crippen molar-refractivity contribution in [1.29, 1.82) is 0 Å². The number of halogens is 3. The molecule has 0 radical (unpaired) electrons. The van der Waals surface area contributed by atoms with Crippen molar-refractivity contribution in [1.82, 2.24) is 5.32 Å². The van der Waals surface area contributed by atoms with Gasteiger partial charge in [-0.15, -0.1) is 0 Å². The summed E-state index contributed by atoms with van der Waals surface area (Å²) < 4.78 is 45.6. The fourth-order valence-electron chi connectivity index (χ4n) is 1.88. The highest BCUT2D eigenvalue weighted by Gasteiger charge is 2.10. The minimum atomic E-state index is -0.586. The average molecular weight is 295 g/mol. The Hall–Kier alpha value is -2.01. The van der Waals surface area contributed by atoms with Gasteiger partial charge in [0.1, 0.15) is 18.2 Å². The van der Waals surface area contributed by atoms with Crippen LogP contribution in [0.4, 0.5) is 13.2 Å². The van der Waals surface area contributed by atoms with Gasteiger partial charge in [0.15, 0.2) is 11.6 Å². The highest BCUT2D eigenvalue weighted by Crippen LogP contribution is 2.23. The molecule has 2 rings (SSSR count). The third kappa shape index (κ3) is 3.76. The molecule has 0 saturated heterocycles. The number of hydrogen-bond acceptors (Lipinski definition) is 2. The zero-order valence-corrected chi connectivity index (χ0v) is 11.8. The highest BCUT2D eigenvalue weighted by atomic mass is 19.1. The molecule has 2 aromatic rings. The molecule has 1 unspecified atom stereocenters. The number of nitrogens with one attached hydrogen (secondary N) is 1. The first kappa shape index (κ1) is 15.4. The van der Waals surface area contributed by atoms with Crippen LogP contribution in [0.15, 0.2) is 36.4 Å². The zero-order chi connectivity index (χ0) is 15.4. The quantitative estimate of drug-likeness (QED) is 0.901. The molecule has 0 aliphatic rings. The van der Waals surface area contributed by atoms with Crippen molar-refractivity contribution in [2.75, 3.05) is 7.05 Å². The van der Waals surface area contributed by atoms with Crippen molar-refractivity contribution in [3.63, 3.8) is 0 Å². The van der Waals surface area contributed by atoms with Crippen molar-refractivity contribution < 1.29 is 17.9 Å². The van der Waals surface area contributed by atoms with Gasteiger partial charge in [-0.25, -0.2) is 13.2 Å². The SMILES string of the molecule is CNC(C)c1ccc(OCc2cc(F)ccc2F)c(F)c1. The number of rotatable bonds is 5. The van der Waals surface area contributed by atoms with Crippen LogP contribution in [0.2, 0.25) is 0 Å². The maximum absolute atomic E-state index is 13.9. The largest absolute Gasteiger partial charge is 0.486 e. The van der Waals surface area contributed by atoms with Crippen LogP contribution in [-0.4, -0.2) is 7.05 Å². The van der Waals surface area contributed by atoms with E-state index in [0.717, 1.165) is 23.8 Å². The Balaban J connectivity index is 2.11. The average Bonchev–Trinajstić information content (AvgIpc) is 2.48. The van der Waals surface area contributed by atoms with Gasteiger partial charge in [-0.2, -0.15) is 0 Å². The van der Waals surface area contributed by atoms with E-state index in [1.165, 1.54) is 12.1 Å². The maximum Gasteiger partial charge on any atom is 0.165 e. The summed E-state index contributed by atoms with van der Waals surface area (Å²) in [5.74, 6) is -1.68. The Labute approximate surface area is 121 Å². The van der Waals surface area contributed by atoms with Gasteiger partial charge in [0.25, 0.3) is 0 Å². The van der Waals surface area contributed by atoms with Gasteiger partial charge in [-0.05, 0) is 49.9 Å². The smallest absolute Gasteiger partial charge is 0.165 e. The van der Waals surface area contributed by atoms with E-state index in [-0.39, 0.29) is 24.0 Å². The minimum Gasteiger partial charge on any atom is -0.486 e. The van der Waals surface area contributed by atoms with Crippen LogP contribution in [0, 0.1) is 17.5 Å². The Morgan fingerprint density at radius 3 is 2.48 bits per heavy atom. The molecular formula is C16H16F3NO. The summed E-state index contributed by atoms with van der Waals surface area (Å²) >= 11 is 0. The molecule has 2 aromatic carbocycles. The first-order valence-electron chi connectivity index (χ1n) is 6.54. The topological polar surface area (TPSA) is 21.3 Å². The number of benzene rings is 2. The normalized spacial score (nSPS) is 12.2. The third-order valence-corrected chi connectivity index (χ3v) is 3.28. The van der Waals surface area contributed by atoms with Gasteiger partial charge in [-0.3, -0.25) is 0 Å². The van der Waals surface area contributed by atoms with Crippen LogP contribution in [0.1, 0.15) is 24.1 Å². The molecule has 0 saturated carbocycles. The summed E-state index contributed by atoms with van der Waals surface area (Å²) in [6.45, 7) is 1.67. The fraction of sp³-hybridized carbons (Fsp3) is 0.250.